The molecule has 2 nitrogen and oxygen atoms in total. The van der Waals surface area contributed by atoms with Crippen LogP contribution in [-0.4, -0.2) is 18.9 Å². The number of benzene rings is 1. The minimum absolute atomic E-state index is 0.226. The molecule has 0 amide bonds. The Balaban J connectivity index is 2.05. The second-order valence-electron chi connectivity index (χ2n) is 5.04. The van der Waals surface area contributed by atoms with Gasteiger partial charge in [0.25, 0.3) is 0 Å². The largest absolute Gasteiger partial charge is 0.317 e. The number of carbonyl (C=O) groups excluding carboxylic acids is 1. The Kier molecular flexibility index (Phi) is 3.57. The van der Waals surface area contributed by atoms with Gasteiger partial charge in [0, 0.05) is 11.8 Å². The number of nitrogens with one attached hydrogen (secondary N) is 1. The summed E-state index contributed by atoms with van der Waals surface area (Å²) in [5, 5.41) is 3.26. The molecule has 1 aliphatic rings. The van der Waals surface area contributed by atoms with Gasteiger partial charge in [0.05, 0.1) is 0 Å². The number of halogens is 1. The molecule has 0 aromatic heterocycles. The maximum absolute atomic E-state index is 13.0. The Morgan fingerprint density at radius 2 is 2.12 bits per heavy atom. The van der Waals surface area contributed by atoms with Crippen LogP contribution in [0.25, 0.3) is 0 Å². The van der Waals surface area contributed by atoms with E-state index < -0.39 is 0 Å². The van der Waals surface area contributed by atoms with Crippen LogP contribution in [-0.2, 0) is 11.2 Å². The Morgan fingerprint density at radius 1 is 1.41 bits per heavy atom. The van der Waals surface area contributed by atoms with Gasteiger partial charge in [-0.25, -0.2) is 4.39 Å². The number of hydrogen-bond donors (Lipinski definition) is 1. The summed E-state index contributed by atoms with van der Waals surface area (Å²) >= 11 is 0. The third-order valence-corrected chi connectivity index (χ3v) is 3.63. The summed E-state index contributed by atoms with van der Waals surface area (Å²) in [6, 6.07) is 6.32. The summed E-state index contributed by atoms with van der Waals surface area (Å²) in [7, 11) is 0. The summed E-state index contributed by atoms with van der Waals surface area (Å²) in [4.78, 5) is 12.3. The Bertz CT molecular complexity index is 410. The van der Waals surface area contributed by atoms with E-state index in [-0.39, 0.29) is 17.0 Å². The number of piperidine rings is 1. The van der Waals surface area contributed by atoms with Crippen molar-refractivity contribution < 1.29 is 9.18 Å². The summed E-state index contributed by atoms with van der Waals surface area (Å²) in [6.07, 6.45) is 2.09. The zero-order valence-corrected chi connectivity index (χ0v) is 10.1. The van der Waals surface area contributed by atoms with Crippen molar-refractivity contribution in [3.05, 3.63) is 35.6 Å². The van der Waals surface area contributed by atoms with Gasteiger partial charge in [0.15, 0.2) is 0 Å². The zero-order chi connectivity index (χ0) is 12.3. The summed E-state index contributed by atoms with van der Waals surface area (Å²) < 4.78 is 13.0. The standard InChI is InChI=1S/C14H18FNO/c1-14(5-7-16-8-6-14)13(17)10-11-3-2-4-12(15)9-11/h2-4,9,16H,5-8,10H2,1H3. The fourth-order valence-electron chi connectivity index (χ4n) is 2.30. The molecule has 92 valence electrons. The molecule has 0 atom stereocenters. The Morgan fingerprint density at radius 3 is 2.76 bits per heavy atom. The van der Waals surface area contributed by atoms with Gasteiger partial charge in [-0.2, -0.15) is 0 Å². The average molecular weight is 235 g/mol. The van der Waals surface area contributed by atoms with E-state index in [4.69, 9.17) is 0 Å². The molecule has 1 aromatic rings. The molecule has 1 N–H and O–H groups in total. The molecule has 1 aliphatic heterocycles. The summed E-state index contributed by atoms with van der Waals surface area (Å²) in [5.74, 6) is -0.0460. The maximum Gasteiger partial charge on any atom is 0.143 e. The van der Waals surface area contributed by atoms with Crippen LogP contribution in [0.5, 0.6) is 0 Å². The van der Waals surface area contributed by atoms with Gasteiger partial charge in [-0.15, -0.1) is 0 Å². The van der Waals surface area contributed by atoms with E-state index in [0.717, 1.165) is 31.5 Å². The summed E-state index contributed by atoms with van der Waals surface area (Å²) in [5.41, 5.74) is 0.534. The highest BCUT2D eigenvalue weighted by atomic mass is 19.1. The number of carbonyl (C=O) groups is 1. The lowest BCUT2D eigenvalue weighted by Gasteiger charge is -2.32. The van der Waals surface area contributed by atoms with E-state index in [1.54, 1.807) is 6.07 Å². The fourth-order valence-corrected chi connectivity index (χ4v) is 2.30. The smallest absolute Gasteiger partial charge is 0.143 e. The Labute approximate surface area is 101 Å². The van der Waals surface area contributed by atoms with E-state index in [9.17, 15) is 9.18 Å². The van der Waals surface area contributed by atoms with Crippen LogP contribution >= 0.6 is 0 Å². The van der Waals surface area contributed by atoms with Gasteiger partial charge in [-0.3, -0.25) is 4.79 Å². The third kappa shape index (κ3) is 2.91. The van der Waals surface area contributed by atoms with Gasteiger partial charge in [0.1, 0.15) is 11.6 Å². The number of ketones is 1. The van der Waals surface area contributed by atoms with Crippen molar-refractivity contribution in [2.75, 3.05) is 13.1 Å². The van der Waals surface area contributed by atoms with E-state index in [0.29, 0.717) is 6.42 Å². The third-order valence-electron chi connectivity index (χ3n) is 3.63. The van der Waals surface area contributed by atoms with Crippen molar-refractivity contribution in [2.24, 2.45) is 5.41 Å². The van der Waals surface area contributed by atoms with Gasteiger partial charge in [-0.05, 0) is 43.6 Å². The van der Waals surface area contributed by atoms with Crippen LogP contribution in [0.4, 0.5) is 4.39 Å². The number of Topliss-reactive ketones (excluding diaryl/α,β-unsaturated/α-hetero) is 1. The molecule has 1 fully saturated rings. The minimum atomic E-state index is -0.272. The van der Waals surface area contributed by atoms with Gasteiger partial charge in [0.2, 0.25) is 0 Å². The monoisotopic (exact) mass is 235 g/mol. The molecule has 1 heterocycles. The van der Waals surface area contributed by atoms with Crippen LogP contribution in [0.2, 0.25) is 0 Å². The highest BCUT2D eigenvalue weighted by molar-refractivity contribution is 5.86. The van der Waals surface area contributed by atoms with Crippen molar-refractivity contribution in [3.8, 4) is 0 Å². The molecule has 0 aliphatic carbocycles. The minimum Gasteiger partial charge on any atom is -0.317 e. The van der Waals surface area contributed by atoms with Crippen LogP contribution in [0, 0.1) is 11.2 Å². The lowest BCUT2D eigenvalue weighted by atomic mass is 9.75. The number of rotatable bonds is 3. The molecule has 3 heteroatoms. The van der Waals surface area contributed by atoms with Crippen molar-refractivity contribution in [2.45, 2.75) is 26.2 Å². The molecule has 0 spiro atoms. The lowest BCUT2D eigenvalue weighted by molar-refractivity contribution is -0.128. The van der Waals surface area contributed by atoms with Gasteiger partial charge >= 0.3 is 0 Å². The predicted molar refractivity (Wildman–Crippen MR) is 65.3 cm³/mol. The quantitative estimate of drug-likeness (QED) is 0.871. The maximum atomic E-state index is 13.0. The molecular weight excluding hydrogens is 217 g/mol. The zero-order valence-electron chi connectivity index (χ0n) is 10.1. The Hall–Kier alpha value is -1.22. The lowest BCUT2D eigenvalue weighted by Crippen LogP contribution is -2.40. The van der Waals surface area contributed by atoms with E-state index >= 15 is 0 Å². The molecule has 0 bridgehead atoms. The van der Waals surface area contributed by atoms with Crippen LogP contribution < -0.4 is 5.32 Å². The second kappa shape index (κ2) is 4.96. The molecule has 1 aromatic carbocycles. The second-order valence-corrected chi connectivity index (χ2v) is 5.04. The van der Waals surface area contributed by atoms with Crippen LogP contribution in [0.15, 0.2) is 24.3 Å². The van der Waals surface area contributed by atoms with Gasteiger partial charge in [-0.1, -0.05) is 19.1 Å². The topological polar surface area (TPSA) is 29.1 Å². The van der Waals surface area contributed by atoms with Crippen LogP contribution in [0.3, 0.4) is 0 Å². The van der Waals surface area contributed by atoms with E-state index in [2.05, 4.69) is 5.32 Å². The first-order valence-corrected chi connectivity index (χ1v) is 6.09. The molecule has 0 radical (unpaired) electrons. The van der Waals surface area contributed by atoms with Crippen molar-refractivity contribution >= 4 is 5.78 Å². The first-order chi connectivity index (χ1) is 8.10. The first kappa shape index (κ1) is 12.2. The van der Waals surface area contributed by atoms with Crippen LogP contribution in [0.1, 0.15) is 25.3 Å². The normalized spacial score (nSPS) is 18.9. The van der Waals surface area contributed by atoms with E-state index in [1.807, 2.05) is 13.0 Å². The molecule has 17 heavy (non-hydrogen) atoms. The SMILES string of the molecule is CC1(C(=O)Cc2cccc(F)c2)CCNCC1. The van der Waals surface area contributed by atoms with Crippen molar-refractivity contribution in [3.63, 3.8) is 0 Å². The van der Waals surface area contributed by atoms with E-state index in [1.165, 1.54) is 12.1 Å². The first-order valence-electron chi connectivity index (χ1n) is 6.09. The average Bonchev–Trinajstić information content (AvgIpc) is 2.30. The van der Waals surface area contributed by atoms with Crippen molar-refractivity contribution in [1.29, 1.82) is 0 Å². The molecule has 0 saturated carbocycles. The molecule has 0 unspecified atom stereocenters. The molecular formula is C14H18FNO. The van der Waals surface area contributed by atoms with Crippen molar-refractivity contribution in [1.82, 2.24) is 5.32 Å². The predicted octanol–water partition coefficient (Wildman–Crippen LogP) is 2.33. The highest BCUT2D eigenvalue weighted by Gasteiger charge is 2.33. The molecule has 2 rings (SSSR count). The van der Waals surface area contributed by atoms with Gasteiger partial charge < -0.3 is 5.32 Å². The molecule has 1 saturated heterocycles. The number of hydrogen-bond acceptors (Lipinski definition) is 2. The highest BCUT2D eigenvalue weighted by Crippen LogP contribution is 2.30. The summed E-state index contributed by atoms with van der Waals surface area (Å²) in [6.45, 7) is 3.81. The fraction of sp³-hybridized carbons (Fsp3) is 0.500.